The number of benzene rings is 2. The van der Waals surface area contributed by atoms with E-state index in [4.69, 9.17) is 0 Å². The Morgan fingerprint density at radius 2 is 1.70 bits per heavy atom. The van der Waals surface area contributed by atoms with E-state index in [0.29, 0.717) is 0 Å². The Bertz CT molecular complexity index is 948. The highest BCUT2D eigenvalue weighted by atomic mass is 32.2. The van der Waals surface area contributed by atoms with Crippen molar-refractivity contribution in [3.05, 3.63) is 65.2 Å². The van der Waals surface area contributed by atoms with Crippen molar-refractivity contribution in [2.24, 2.45) is 0 Å². The molecule has 0 bridgehead atoms. The summed E-state index contributed by atoms with van der Waals surface area (Å²) in [5, 5.41) is 2.77. The minimum Gasteiger partial charge on any atom is -0.348 e. The zero-order chi connectivity index (χ0) is 20.4. The van der Waals surface area contributed by atoms with Crippen molar-refractivity contribution in [1.82, 2.24) is 5.32 Å². The Hall–Kier alpha value is -2.48. The fraction of sp³-hybridized carbons (Fsp3) is 0.316. The van der Waals surface area contributed by atoms with Crippen molar-refractivity contribution < 1.29 is 22.0 Å². The Balaban J connectivity index is 2.30. The first-order valence-electron chi connectivity index (χ1n) is 8.32. The summed E-state index contributed by atoms with van der Waals surface area (Å²) in [5.41, 5.74) is 1.76. The van der Waals surface area contributed by atoms with E-state index in [1.165, 1.54) is 6.92 Å². The molecule has 0 saturated carbocycles. The molecule has 2 atom stereocenters. The van der Waals surface area contributed by atoms with Crippen molar-refractivity contribution in [1.29, 1.82) is 0 Å². The summed E-state index contributed by atoms with van der Waals surface area (Å²) in [5.74, 6) is -2.85. The largest absolute Gasteiger partial charge is 0.348 e. The highest BCUT2D eigenvalue weighted by Gasteiger charge is 2.30. The number of nitrogens with zero attached hydrogens (tertiary/aromatic N) is 1. The van der Waals surface area contributed by atoms with Crippen molar-refractivity contribution in [3.63, 3.8) is 0 Å². The lowest BCUT2D eigenvalue weighted by atomic mass is 10.0. The second kappa shape index (κ2) is 8.04. The molecule has 0 aliphatic heterocycles. The normalized spacial score (nSPS) is 13.7. The molecule has 27 heavy (non-hydrogen) atoms. The van der Waals surface area contributed by atoms with Gasteiger partial charge in [-0.15, -0.1) is 0 Å². The molecule has 1 N–H and O–H groups in total. The summed E-state index contributed by atoms with van der Waals surface area (Å²) in [6.07, 6.45) is 0.906. The summed E-state index contributed by atoms with van der Waals surface area (Å²) >= 11 is 0. The van der Waals surface area contributed by atoms with E-state index in [0.717, 1.165) is 39.9 Å². The number of amides is 1. The van der Waals surface area contributed by atoms with Crippen LogP contribution in [0.4, 0.5) is 14.5 Å². The van der Waals surface area contributed by atoms with Crippen LogP contribution in [0.25, 0.3) is 0 Å². The number of sulfonamides is 1. The number of hydrogen-bond donors (Lipinski definition) is 1. The van der Waals surface area contributed by atoms with Gasteiger partial charge < -0.3 is 5.32 Å². The van der Waals surface area contributed by atoms with Gasteiger partial charge in [0.1, 0.15) is 6.04 Å². The monoisotopic (exact) mass is 396 g/mol. The molecule has 0 heterocycles. The van der Waals surface area contributed by atoms with E-state index in [-0.39, 0.29) is 11.7 Å². The van der Waals surface area contributed by atoms with Crippen LogP contribution in [0, 0.1) is 18.6 Å². The SMILES string of the molecule is Cc1ccccc1[C@H](C)NC(=O)[C@@H](C)N(c1ccc(F)c(F)c1)S(C)(=O)=O. The quantitative estimate of drug-likeness (QED) is 0.815. The van der Waals surface area contributed by atoms with Crippen LogP contribution in [-0.2, 0) is 14.8 Å². The van der Waals surface area contributed by atoms with E-state index in [2.05, 4.69) is 5.32 Å². The van der Waals surface area contributed by atoms with Gasteiger partial charge in [-0.05, 0) is 44.0 Å². The predicted molar refractivity (Wildman–Crippen MR) is 101 cm³/mol. The highest BCUT2D eigenvalue weighted by Crippen LogP contribution is 2.24. The van der Waals surface area contributed by atoms with Gasteiger partial charge in [0.05, 0.1) is 18.0 Å². The summed E-state index contributed by atoms with van der Waals surface area (Å²) in [7, 11) is -3.92. The molecule has 1 amide bonds. The maximum atomic E-state index is 13.6. The topological polar surface area (TPSA) is 66.5 Å². The number of carbonyl (C=O) groups excluding carboxylic acids is 1. The van der Waals surface area contributed by atoms with E-state index in [9.17, 15) is 22.0 Å². The second-order valence-corrected chi connectivity index (χ2v) is 8.28. The number of hydrogen-bond acceptors (Lipinski definition) is 3. The lowest BCUT2D eigenvalue weighted by Crippen LogP contribution is -2.48. The highest BCUT2D eigenvalue weighted by molar-refractivity contribution is 7.92. The van der Waals surface area contributed by atoms with E-state index < -0.39 is 33.6 Å². The summed E-state index contributed by atoms with van der Waals surface area (Å²) in [4.78, 5) is 12.7. The minimum absolute atomic E-state index is 0.123. The lowest BCUT2D eigenvalue weighted by Gasteiger charge is -2.29. The number of nitrogens with one attached hydrogen (secondary N) is 1. The summed E-state index contributed by atoms with van der Waals surface area (Å²) in [6, 6.07) is 8.69. The first-order valence-corrected chi connectivity index (χ1v) is 10.2. The Kier molecular flexibility index (Phi) is 6.20. The van der Waals surface area contributed by atoms with Gasteiger partial charge >= 0.3 is 0 Å². The molecule has 0 spiro atoms. The fourth-order valence-electron chi connectivity index (χ4n) is 2.92. The van der Waals surface area contributed by atoms with Crippen molar-refractivity contribution in [2.75, 3.05) is 10.6 Å². The van der Waals surface area contributed by atoms with Crippen LogP contribution in [-0.4, -0.2) is 26.6 Å². The molecule has 0 fully saturated rings. The first kappa shape index (κ1) is 20.8. The van der Waals surface area contributed by atoms with Gasteiger partial charge in [-0.1, -0.05) is 24.3 Å². The fourth-order valence-corrected chi connectivity index (χ4v) is 4.08. The lowest BCUT2D eigenvalue weighted by molar-refractivity contribution is -0.122. The summed E-state index contributed by atoms with van der Waals surface area (Å²) < 4.78 is 52.0. The van der Waals surface area contributed by atoms with Crippen LogP contribution >= 0.6 is 0 Å². The van der Waals surface area contributed by atoms with Crippen molar-refractivity contribution >= 4 is 21.6 Å². The molecule has 0 aromatic heterocycles. The molecule has 146 valence electrons. The molecule has 2 aromatic rings. The Labute approximate surface area is 158 Å². The number of anilines is 1. The number of rotatable bonds is 6. The van der Waals surface area contributed by atoms with Gasteiger partial charge in [-0.3, -0.25) is 9.10 Å². The maximum Gasteiger partial charge on any atom is 0.244 e. The van der Waals surface area contributed by atoms with Crippen LogP contribution in [0.2, 0.25) is 0 Å². The van der Waals surface area contributed by atoms with Gasteiger partial charge in [-0.25, -0.2) is 17.2 Å². The molecular weight excluding hydrogens is 374 g/mol. The Morgan fingerprint density at radius 1 is 1.07 bits per heavy atom. The average Bonchev–Trinajstić information content (AvgIpc) is 2.57. The number of carbonyl (C=O) groups is 1. The van der Waals surface area contributed by atoms with E-state index >= 15 is 0 Å². The predicted octanol–water partition coefficient (Wildman–Crippen LogP) is 3.31. The van der Waals surface area contributed by atoms with Crippen LogP contribution in [0.15, 0.2) is 42.5 Å². The van der Waals surface area contributed by atoms with E-state index in [1.54, 1.807) is 6.92 Å². The molecular formula is C19H22F2N2O3S. The van der Waals surface area contributed by atoms with Crippen LogP contribution in [0.5, 0.6) is 0 Å². The molecule has 2 aromatic carbocycles. The summed E-state index contributed by atoms with van der Waals surface area (Å²) in [6.45, 7) is 5.09. The molecule has 0 radical (unpaired) electrons. The van der Waals surface area contributed by atoms with Gasteiger partial charge in [0.2, 0.25) is 15.9 Å². The van der Waals surface area contributed by atoms with Gasteiger partial charge in [-0.2, -0.15) is 0 Å². The zero-order valence-corrected chi connectivity index (χ0v) is 16.3. The number of halogens is 2. The number of aryl methyl sites for hydroxylation is 1. The molecule has 0 unspecified atom stereocenters. The molecule has 0 aliphatic carbocycles. The second-order valence-electron chi connectivity index (χ2n) is 6.42. The zero-order valence-electron chi connectivity index (χ0n) is 15.5. The minimum atomic E-state index is -3.92. The third-order valence-electron chi connectivity index (χ3n) is 4.26. The standard InChI is InChI=1S/C19H22F2N2O3S/c1-12-7-5-6-8-16(12)13(2)22-19(24)14(3)23(27(4,25)26)15-9-10-17(20)18(21)11-15/h5-11,13-14H,1-4H3,(H,22,24)/t13-,14+/m0/s1. The molecule has 5 nitrogen and oxygen atoms in total. The van der Waals surface area contributed by atoms with Crippen molar-refractivity contribution in [3.8, 4) is 0 Å². The third kappa shape index (κ3) is 4.82. The van der Waals surface area contributed by atoms with Crippen LogP contribution in [0.1, 0.15) is 31.0 Å². The van der Waals surface area contributed by atoms with Gasteiger partial charge in [0, 0.05) is 6.07 Å². The van der Waals surface area contributed by atoms with Gasteiger partial charge in [0.15, 0.2) is 11.6 Å². The van der Waals surface area contributed by atoms with Crippen molar-refractivity contribution in [2.45, 2.75) is 32.9 Å². The maximum absolute atomic E-state index is 13.6. The van der Waals surface area contributed by atoms with E-state index in [1.807, 2.05) is 31.2 Å². The average molecular weight is 396 g/mol. The smallest absolute Gasteiger partial charge is 0.244 e. The molecule has 8 heteroatoms. The molecule has 0 aliphatic rings. The first-order chi connectivity index (χ1) is 12.5. The van der Waals surface area contributed by atoms with Crippen LogP contribution in [0.3, 0.4) is 0 Å². The van der Waals surface area contributed by atoms with Gasteiger partial charge in [0.25, 0.3) is 0 Å². The van der Waals surface area contributed by atoms with Crippen LogP contribution < -0.4 is 9.62 Å². The molecule has 2 rings (SSSR count). The third-order valence-corrected chi connectivity index (χ3v) is 5.50. The molecule has 0 saturated heterocycles. The Morgan fingerprint density at radius 3 is 2.26 bits per heavy atom.